The number of carbonyl (C=O) groups is 1. The molecular weight excluding hydrogens is 400 g/mol. The zero-order valence-electron chi connectivity index (χ0n) is 18.1. The van der Waals surface area contributed by atoms with E-state index < -0.39 is 15.3 Å². The third kappa shape index (κ3) is 4.50. The Kier molecular flexibility index (Phi) is 6.50. The number of amides is 1. The Morgan fingerprint density at radius 3 is 2.20 bits per heavy atom. The van der Waals surface area contributed by atoms with Crippen molar-refractivity contribution in [3.63, 3.8) is 0 Å². The van der Waals surface area contributed by atoms with Crippen molar-refractivity contribution in [3.8, 4) is 0 Å². The quantitative estimate of drug-likeness (QED) is 0.655. The number of aryl methyl sites for hydroxylation is 2. The largest absolute Gasteiger partial charge is 0.324 e. The molecule has 0 saturated carbocycles. The minimum Gasteiger partial charge on any atom is -0.324 e. The molecule has 2 aromatic rings. The first kappa shape index (κ1) is 22.3. The lowest BCUT2D eigenvalue weighted by atomic mass is 10.1. The maximum atomic E-state index is 13.6. The predicted molar refractivity (Wildman–Crippen MR) is 121 cm³/mol. The van der Waals surface area contributed by atoms with Crippen LogP contribution in [-0.4, -0.2) is 38.2 Å². The molecule has 0 spiro atoms. The summed E-state index contributed by atoms with van der Waals surface area (Å²) in [4.78, 5) is 12.9. The van der Waals surface area contributed by atoms with Gasteiger partial charge in [0.05, 0.1) is 5.69 Å². The van der Waals surface area contributed by atoms with Crippen molar-refractivity contribution in [1.29, 1.82) is 0 Å². The fourth-order valence-electron chi connectivity index (χ4n) is 3.77. The molecule has 0 bridgehead atoms. The van der Waals surface area contributed by atoms with Gasteiger partial charge in [-0.25, -0.2) is 8.42 Å². The van der Waals surface area contributed by atoms with Crippen LogP contribution in [0.2, 0.25) is 0 Å². The molecule has 3 rings (SSSR count). The highest BCUT2D eigenvalue weighted by Gasteiger charge is 2.44. The summed E-state index contributed by atoms with van der Waals surface area (Å²) in [5.41, 5.74) is 10.2. The zero-order valence-corrected chi connectivity index (χ0v) is 18.9. The number of sulfonamides is 1. The summed E-state index contributed by atoms with van der Waals surface area (Å²) >= 11 is 0. The third-order valence-electron chi connectivity index (χ3n) is 5.66. The maximum Gasteiger partial charge on any atom is 0.245 e. The molecule has 2 atom stereocenters. The van der Waals surface area contributed by atoms with Crippen LogP contribution in [0.15, 0.2) is 42.5 Å². The van der Waals surface area contributed by atoms with E-state index >= 15 is 0 Å². The van der Waals surface area contributed by atoms with Gasteiger partial charge in [-0.05, 0) is 63.9 Å². The number of hydrogen-bond acceptors (Lipinski definition) is 5. The molecule has 7 nitrogen and oxygen atoms in total. The van der Waals surface area contributed by atoms with Crippen molar-refractivity contribution in [2.45, 2.75) is 52.0 Å². The molecule has 1 fully saturated rings. The minimum absolute atomic E-state index is 0.292. The number of carbonyl (C=O) groups excluding carboxylic acids is 1. The summed E-state index contributed by atoms with van der Waals surface area (Å²) in [6.45, 7) is 9.18. The van der Waals surface area contributed by atoms with Gasteiger partial charge >= 0.3 is 0 Å². The average Bonchev–Trinajstić information content (AvgIpc) is 3.03. The maximum absolute atomic E-state index is 13.6. The molecule has 1 saturated heterocycles. The number of anilines is 2. The normalized spacial score (nSPS) is 21.4. The molecule has 3 N–H and O–H groups in total. The number of nitrogens with one attached hydrogen (secondary N) is 3. The Morgan fingerprint density at radius 1 is 1.00 bits per heavy atom. The fourth-order valence-corrected chi connectivity index (χ4v) is 5.94. The smallest absolute Gasteiger partial charge is 0.245 e. The molecule has 1 aliphatic heterocycles. The first-order chi connectivity index (χ1) is 14.1. The molecule has 2 aromatic carbocycles. The summed E-state index contributed by atoms with van der Waals surface area (Å²) in [5, 5.41) is 2.17. The van der Waals surface area contributed by atoms with Crippen molar-refractivity contribution in [1.82, 2.24) is 10.9 Å². The molecule has 8 heteroatoms. The fraction of sp³-hybridized carbons (Fsp3) is 0.409. The summed E-state index contributed by atoms with van der Waals surface area (Å²) in [6, 6.07) is 12.2. The standard InChI is InChI=1S/C22H30N4O3S/c1-14-9-11-19(12-10-14)26(30(28,29)22-17(4)24-25-18(22)5)13-21(27)23-20-8-6-7-15(2)16(20)3/h6-12,17-18,22,24-25H,13H2,1-5H3,(H,23,27). The molecule has 2 unspecified atom stereocenters. The molecule has 30 heavy (non-hydrogen) atoms. The van der Waals surface area contributed by atoms with E-state index in [0.717, 1.165) is 16.7 Å². The van der Waals surface area contributed by atoms with E-state index in [0.29, 0.717) is 11.4 Å². The molecule has 0 aromatic heterocycles. The highest BCUT2D eigenvalue weighted by molar-refractivity contribution is 7.93. The van der Waals surface area contributed by atoms with Gasteiger partial charge in [0.1, 0.15) is 11.8 Å². The second kappa shape index (κ2) is 8.75. The van der Waals surface area contributed by atoms with Crippen molar-refractivity contribution in [2.24, 2.45) is 0 Å². The first-order valence-electron chi connectivity index (χ1n) is 10.1. The zero-order chi connectivity index (χ0) is 22.1. The Labute approximate surface area is 178 Å². The number of rotatable bonds is 6. The Morgan fingerprint density at radius 2 is 1.60 bits per heavy atom. The monoisotopic (exact) mass is 430 g/mol. The van der Waals surface area contributed by atoms with Crippen LogP contribution in [0.3, 0.4) is 0 Å². The second-order valence-electron chi connectivity index (χ2n) is 8.01. The van der Waals surface area contributed by atoms with Crippen molar-refractivity contribution in [2.75, 3.05) is 16.2 Å². The lowest BCUT2D eigenvalue weighted by molar-refractivity contribution is -0.114. The number of nitrogens with zero attached hydrogens (tertiary/aromatic N) is 1. The highest BCUT2D eigenvalue weighted by atomic mass is 32.2. The molecule has 0 aliphatic carbocycles. The van der Waals surface area contributed by atoms with Crippen molar-refractivity contribution in [3.05, 3.63) is 59.2 Å². The summed E-state index contributed by atoms with van der Waals surface area (Å²) < 4.78 is 28.4. The highest BCUT2D eigenvalue weighted by Crippen LogP contribution is 2.26. The average molecular weight is 431 g/mol. The van der Waals surface area contributed by atoms with Gasteiger partial charge in [0.25, 0.3) is 0 Å². The lowest BCUT2D eigenvalue weighted by Gasteiger charge is -2.30. The van der Waals surface area contributed by atoms with E-state index in [1.54, 1.807) is 12.1 Å². The second-order valence-corrected chi connectivity index (χ2v) is 10.0. The van der Waals surface area contributed by atoms with E-state index in [9.17, 15) is 13.2 Å². The number of hydrazine groups is 1. The summed E-state index contributed by atoms with van der Waals surface area (Å²) in [7, 11) is -3.82. The molecule has 1 heterocycles. The van der Waals surface area contributed by atoms with Crippen molar-refractivity contribution < 1.29 is 13.2 Å². The number of hydrogen-bond donors (Lipinski definition) is 3. The van der Waals surface area contributed by atoms with E-state index in [1.165, 1.54) is 4.31 Å². The van der Waals surface area contributed by atoms with Crippen LogP contribution >= 0.6 is 0 Å². The van der Waals surface area contributed by atoms with Gasteiger partial charge in [-0.3, -0.25) is 20.0 Å². The molecule has 0 radical (unpaired) electrons. The lowest BCUT2D eigenvalue weighted by Crippen LogP contribution is -2.49. The SMILES string of the molecule is Cc1ccc(N(CC(=O)Nc2cccc(C)c2C)S(=O)(=O)C2C(C)NNC2C)cc1. The van der Waals surface area contributed by atoms with Crippen LogP contribution in [0, 0.1) is 20.8 Å². The van der Waals surface area contributed by atoms with E-state index in [1.807, 2.05) is 65.0 Å². The van der Waals surface area contributed by atoms with Gasteiger partial charge in [-0.1, -0.05) is 29.8 Å². The van der Waals surface area contributed by atoms with Gasteiger partial charge in [-0.2, -0.15) is 0 Å². The van der Waals surface area contributed by atoms with Crippen LogP contribution < -0.4 is 20.5 Å². The van der Waals surface area contributed by atoms with Gasteiger partial charge in [0.2, 0.25) is 15.9 Å². The predicted octanol–water partition coefficient (Wildman–Crippen LogP) is 2.64. The van der Waals surface area contributed by atoms with Gasteiger partial charge in [0.15, 0.2) is 0 Å². The van der Waals surface area contributed by atoms with Crippen LogP contribution in [0.5, 0.6) is 0 Å². The Balaban J connectivity index is 1.93. The summed E-state index contributed by atoms with van der Waals surface area (Å²) in [5.74, 6) is -0.382. The van der Waals surface area contributed by atoms with E-state index in [4.69, 9.17) is 0 Å². The molecular formula is C22H30N4O3S. The van der Waals surface area contributed by atoms with Gasteiger partial charge in [-0.15, -0.1) is 0 Å². The van der Waals surface area contributed by atoms with Crippen LogP contribution in [0.25, 0.3) is 0 Å². The van der Waals surface area contributed by atoms with Crippen LogP contribution in [0.4, 0.5) is 11.4 Å². The first-order valence-corrected chi connectivity index (χ1v) is 11.6. The van der Waals surface area contributed by atoms with Gasteiger partial charge < -0.3 is 5.32 Å². The van der Waals surface area contributed by atoms with E-state index in [2.05, 4.69) is 16.2 Å². The number of benzene rings is 2. The Hall–Kier alpha value is -2.42. The molecule has 1 aliphatic rings. The molecule has 162 valence electrons. The molecule has 1 amide bonds. The topological polar surface area (TPSA) is 90.5 Å². The van der Waals surface area contributed by atoms with Gasteiger partial charge in [0, 0.05) is 17.8 Å². The van der Waals surface area contributed by atoms with Crippen molar-refractivity contribution >= 4 is 27.3 Å². The minimum atomic E-state index is -3.82. The third-order valence-corrected chi connectivity index (χ3v) is 8.12. The van der Waals surface area contributed by atoms with Crippen LogP contribution in [-0.2, 0) is 14.8 Å². The van der Waals surface area contributed by atoms with E-state index in [-0.39, 0.29) is 24.5 Å². The Bertz CT molecular complexity index is 1010. The van der Waals surface area contributed by atoms with Crippen LogP contribution in [0.1, 0.15) is 30.5 Å². The summed E-state index contributed by atoms with van der Waals surface area (Å²) in [6.07, 6.45) is 0.